The van der Waals surface area contributed by atoms with Gasteiger partial charge in [-0.05, 0) is 61.6 Å². The third kappa shape index (κ3) is 6.27. The summed E-state index contributed by atoms with van der Waals surface area (Å²) in [4.78, 5) is 29.1. The van der Waals surface area contributed by atoms with Crippen LogP contribution in [0, 0.1) is 0 Å². The first-order valence-electron chi connectivity index (χ1n) is 11.6. The zero-order chi connectivity index (χ0) is 24.6. The fourth-order valence-electron chi connectivity index (χ4n) is 4.12. The van der Waals surface area contributed by atoms with Gasteiger partial charge in [-0.15, -0.1) is 11.8 Å². The van der Waals surface area contributed by atoms with E-state index in [9.17, 15) is 9.59 Å². The van der Waals surface area contributed by atoms with E-state index in [1.165, 1.54) is 0 Å². The van der Waals surface area contributed by atoms with Crippen LogP contribution in [0.25, 0.3) is 0 Å². The highest BCUT2D eigenvalue weighted by molar-refractivity contribution is 7.98. The molecule has 1 fully saturated rings. The normalized spacial score (nSPS) is 12.8. The van der Waals surface area contributed by atoms with Crippen LogP contribution in [-0.4, -0.2) is 38.4 Å². The summed E-state index contributed by atoms with van der Waals surface area (Å²) < 4.78 is 5.37. The number of hydrogen-bond donors (Lipinski definition) is 3. The molecule has 1 heterocycles. The van der Waals surface area contributed by atoms with Crippen LogP contribution >= 0.6 is 11.8 Å². The molecule has 3 N–H and O–H groups in total. The minimum Gasteiger partial charge on any atom is -0.496 e. The summed E-state index contributed by atoms with van der Waals surface area (Å²) in [7, 11) is 1.61. The molecule has 35 heavy (non-hydrogen) atoms. The second-order valence-corrected chi connectivity index (χ2v) is 9.11. The van der Waals surface area contributed by atoms with E-state index in [-0.39, 0.29) is 11.9 Å². The van der Waals surface area contributed by atoms with E-state index < -0.39 is 0 Å². The van der Waals surface area contributed by atoms with E-state index in [0.717, 1.165) is 47.8 Å². The zero-order valence-electron chi connectivity index (χ0n) is 20.0. The van der Waals surface area contributed by atoms with Crippen molar-refractivity contribution >= 4 is 40.8 Å². The first-order valence-corrected chi connectivity index (χ1v) is 12.8. The highest BCUT2D eigenvalue weighted by atomic mass is 32.2. The van der Waals surface area contributed by atoms with Gasteiger partial charge in [-0.25, -0.2) is 4.79 Å². The fraction of sp³-hybridized carbons (Fsp3) is 0.259. The van der Waals surface area contributed by atoms with Crippen molar-refractivity contribution in [1.82, 2.24) is 5.32 Å². The molecule has 8 heteroatoms. The van der Waals surface area contributed by atoms with Gasteiger partial charge in [0, 0.05) is 41.3 Å². The highest BCUT2D eigenvalue weighted by Gasteiger charge is 2.19. The number of benzene rings is 3. The molecule has 0 spiro atoms. The van der Waals surface area contributed by atoms with Gasteiger partial charge in [-0.2, -0.15) is 0 Å². The van der Waals surface area contributed by atoms with E-state index >= 15 is 0 Å². The lowest BCUT2D eigenvalue weighted by Crippen LogP contribution is -2.26. The van der Waals surface area contributed by atoms with Crippen LogP contribution in [0.5, 0.6) is 5.75 Å². The van der Waals surface area contributed by atoms with E-state index in [1.54, 1.807) is 31.0 Å². The second kappa shape index (κ2) is 11.7. The quantitative estimate of drug-likeness (QED) is 0.359. The number of ether oxygens (including phenoxy) is 1. The molecule has 0 unspecified atom stereocenters. The second-order valence-electron chi connectivity index (χ2n) is 8.23. The van der Waals surface area contributed by atoms with Crippen LogP contribution in [0.4, 0.5) is 21.9 Å². The number of rotatable bonds is 8. The smallest absolute Gasteiger partial charge is 0.323 e. The van der Waals surface area contributed by atoms with Gasteiger partial charge in [0.2, 0.25) is 0 Å². The lowest BCUT2D eigenvalue weighted by molar-refractivity contribution is 0.0950. The average molecular weight is 491 g/mol. The number of nitrogens with one attached hydrogen (secondary N) is 3. The maximum Gasteiger partial charge on any atom is 0.323 e. The third-order valence-electron chi connectivity index (χ3n) is 5.91. The number of thioether (sulfide) groups is 1. The number of hydrogen-bond acceptors (Lipinski definition) is 5. The Morgan fingerprint density at radius 1 is 0.971 bits per heavy atom. The number of para-hydroxylation sites is 1. The molecule has 0 bridgehead atoms. The van der Waals surface area contributed by atoms with E-state index in [1.807, 2.05) is 60.9 Å². The first-order chi connectivity index (χ1) is 17.1. The standard InChI is InChI=1S/C27H30N4O3S/c1-34-25-11-4-3-8-20(25)18-28-26(32)19-12-13-24(31-14-5-6-15-31)23(16-19)30-27(33)29-21-9-7-10-22(17-21)35-2/h3-4,7-13,16-17H,5-6,14-15,18H2,1-2H3,(H,28,32)(H2,29,30,33). The van der Waals surface area contributed by atoms with E-state index in [0.29, 0.717) is 23.5 Å². The van der Waals surface area contributed by atoms with Crippen molar-refractivity contribution in [3.8, 4) is 5.75 Å². The molecule has 0 saturated carbocycles. The summed E-state index contributed by atoms with van der Waals surface area (Å²) in [6.07, 6.45) is 4.20. The number of anilines is 3. The minimum atomic E-state index is -0.352. The van der Waals surface area contributed by atoms with Crippen LogP contribution < -0.4 is 25.6 Å². The number of nitrogens with zero attached hydrogens (tertiary/aromatic N) is 1. The monoisotopic (exact) mass is 490 g/mol. The molecule has 1 aliphatic rings. The van der Waals surface area contributed by atoms with Gasteiger partial charge in [0.15, 0.2) is 0 Å². The maximum absolute atomic E-state index is 13.0. The van der Waals surface area contributed by atoms with Gasteiger partial charge >= 0.3 is 6.03 Å². The Kier molecular flexibility index (Phi) is 8.15. The summed E-state index contributed by atoms with van der Waals surface area (Å²) >= 11 is 1.61. The SMILES string of the molecule is COc1ccccc1CNC(=O)c1ccc(N2CCCC2)c(NC(=O)Nc2cccc(SC)c2)c1. The molecule has 0 radical (unpaired) electrons. The van der Waals surface area contributed by atoms with Crippen LogP contribution in [-0.2, 0) is 6.54 Å². The number of amides is 3. The Bertz CT molecular complexity index is 1190. The molecule has 4 rings (SSSR count). The average Bonchev–Trinajstić information content (AvgIpc) is 3.42. The van der Waals surface area contributed by atoms with Gasteiger partial charge in [-0.1, -0.05) is 24.3 Å². The van der Waals surface area contributed by atoms with Gasteiger partial charge < -0.3 is 25.6 Å². The van der Waals surface area contributed by atoms with Crippen molar-refractivity contribution in [1.29, 1.82) is 0 Å². The van der Waals surface area contributed by atoms with Crippen LogP contribution in [0.3, 0.4) is 0 Å². The van der Waals surface area contributed by atoms with Gasteiger partial charge in [-0.3, -0.25) is 4.79 Å². The summed E-state index contributed by atoms with van der Waals surface area (Å²) in [5.74, 6) is 0.502. The summed E-state index contributed by atoms with van der Waals surface area (Å²) in [5, 5.41) is 8.81. The van der Waals surface area contributed by atoms with Crippen molar-refractivity contribution in [2.75, 3.05) is 42.0 Å². The summed E-state index contributed by atoms with van der Waals surface area (Å²) in [5.41, 5.74) is 3.60. The third-order valence-corrected chi connectivity index (χ3v) is 6.64. The Morgan fingerprint density at radius 2 is 1.77 bits per heavy atom. The van der Waals surface area contributed by atoms with Crippen molar-refractivity contribution in [3.63, 3.8) is 0 Å². The molecule has 0 atom stereocenters. The summed E-state index contributed by atoms with van der Waals surface area (Å²) in [6.45, 7) is 2.18. The molecule has 3 aromatic carbocycles. The number of carbonyl (C=O) groups is 2. The van der Waals surface area contributed by atoms with Crippen molar-refractivity contribution in [2.24, 2.45) is 0 Å². The Hall–Kier alpha value is -3.65. The van der Waals surface area contributed by atoms with Gasteiger partial charge in [0.25, 0.3) is 5.91 Å². The Labute approximate surface area is 210 Å². The Balaban J connectivity index is 1.51. The number of methoxy groups -OCH3 is 1. The maximum atomic E-state index is 13.0. The van der Waals surface area contributed by atoms with Crippen LogP contribution in [0.1, 0.15) is 28.8 Å². The molecule has 1 aliphatic heterocycles. The predicted octanol–water partition coefficient (Wildman–Crippen LogP) is 5.59. The van der Waals surface area contributed by atoms with E-state index in [4.69, 9.17) is 4.74 Å². The molecule has 3 amide bonds. The van der Waals surface area contributed by atoms with Crippen molar-refractivity contribution in [2.45, 2.75) is 24.3 Å². The largest absolute Gasteiger partial charge is 0.496 e. The highest BCUT2D eigenvalue weighted by Crippen LogP contribution is 2.30. The summed E-state index contributed by atoms with van der Waals surface area (Å²) in [6, 6.07) is 20.3. The Morgan fingerprint density at radius 3 is 2.54 bits per heavy atom. The van der Waals surface area contributed by atoms with Crippen molar-refractivity contribution in [3.05, 3.63) is 77.9 Å². The first kappa shape index (κ1) is 24.5. The van der Waals surface area contributed by atoms with Crippen molar-refractivity contribution < 1.29 is 14.3 Å². The molecule has 0 aliphatic carbocycles. The molecular weight excluding hydrogens is 460 g/mol. The predicted molar refractivity (Wildman–Crippen MR) is 143 cm³/mol. The molecule has 0 aromatic heterocycles. The van der Waals surface area contributed by atoms with Gasteiger partial charge in [0.05, 0.1) is 18.5 Å². The topological polar surface area (TPSA) is 82.7 Å². The molecule has 1 saturated heterocycles. The molecular formula is C27H30N4O3S. The fourth-order valence-corrected chi connectivity index (χ4v) is 4.58. The number of carbonyl (C=O) groups excluding carboxylic acids is 2. The lowest BCUT2D eigenvalue weighted by Gasteiger charge is -2.22. The van der Waals surface area contributed by atoms with Crippen LogP contribution in [0.2, 0.25) is 0 Å². The van der Waals surface area contributed by atoms with Crippen LogP contribution in [0.15, 0.2) is 71.6 Å². The zero-order valence-corrected chi connectivity index (χ0v) is 20.8. The molecule has 7 nitrogen and oxygen atoms in total. The van der Waals surface area contributed by atoms with E-state index in [2.05, 4.69) is 20.9 Å². The minimum absolute atomic E-state index is 0.222. The lowest BCUT2D eigenvalue weighted by atomic mass is 10.1. The molecule has 3 aromatic rings. The molecule has 182 valence electrons. The number of urea groups is 1. The van der Waals surface area contributed by atoms with Gasteiger partial charge in [0.1, 0.15) is 5.75 Å².